The van der Waals surface area contributed by atoms with Crippen molar-refractivity contribution in [1.29, 1.82) is 0 Å². The highest BCUT2D eigenvalue weighted by molar-refractivity contribution is 5.78. The van der Waals surface area contributed by atoms with Crippen molar-refractivity contribution in [2.24, 2.45) is 11.8 Å². The predicted molar refractivity (Wildman–Crippen MR) is 105 cm³/mol. The number of fused-ring (bicyclic) bond motifs is 1. The van der Waals surface area contributed by atoms with Gasteiger partial charge in [0.2, 0.25) is 0 Å². The Bertz CT molecular complexity index is 764. The summed E-state index contributed by atoms with van der Waals surface area (Å²) in [5.41, 5.74) is 6.77. The molecule has 1 aliphatic rings. The molecule has 0 saturated carbocycles. The van der Waals surface area contributed by atoms with E-state index in [9.17, 15) is 0 Å². The number of rotatable bonds is 4. The van der Waals surface area contributed by atoms with Gasteiger partial charge in [0.25, 0.3) is 0 Å². The number of benzene rings is 2. The first kappa shape index (κ1) is 16.8. The van der Waals surface area contributed by atoms with E-state index in [1.807, 2.05) is 0 Å². The standard InChI is InChI=1S/C24H28/c1-17(2)10-9-15-24(21-11-7-6-8-12-21)20(5)19(4)22-14-13-18(3)16-23(22)24/h6-14,16-17,20H,4,15H2,1-3,5H3/b10-9+. The third-order valence-electron chi connectivity index (χ3n) is 5.51. The van der Waals surface area contributed by atoms with E-state index in [0.717, 1.165) is 6.42 Å². The Hall–Kier alpha value is -2.08. The van der Waals surface area contributed by atoms with Gasteiger partial charge in [-0.2, -0.15) is 0 Å². The fourth-order valence-corrected chi connectivity index (χ4v) is 4.14. The maximum Gasteiger partial charge on any atom is 0.0309 e. The molecule has 24 heavy (non-hydrogen) atoms. The Kier molecular flexibility index (Phi) is 4.49. The zero-order chi connectivity index (χ0) is 17.3. The first-order chi connectivity index (χ1) is 11.5. The lowest BCUT2D eigenvalue weighted by molar-refractivity contribution is 0.440. The summed E-state index contributed by atoms with van der Waals surface area (Å²) in [6.45, 7) is 13.4. The third kappa shape index (κ3) is 2.65. The third-order valence-corrected chi connectivity index (χ3v) is 5.51. The predicted octanol–water partition coefficient (Wildman–Crippen LogP) is 6.55. The van der Waals surface area contributed by atoms with Crippen molar-refractivity contribution < 1.29 is 0 Å². The van der Waals surface area contributed by atoms with Gasteiger partial charge in [0, 0.05) is 5.41 Å². The van der Waals surface area contributed by atoms with Crippen LogP contribution in [0.2, 0.25) is 0 Å². The van der Waals surface area contributed by atoms with Gasteiger partial charge in [-0.15, -0.1) is 0 Å². The molecule has 0 bridgehead atoms. The molecule has 1 aliphatic carbocycles. The monoisotopic (exact) mass is 316 g/mol. The van der Waals surface area contributed by atoms with Crippen molar-refractivity contribution in [3.05, 3.63) is 89.5 Å². The van der Waals surface area contributed by atoms with Crippen molar-refractivity contribution in [3.8, 4) is 0 Å². The van der Waals surface area contributed by atoms with Crippen LogP contribution in [0.3, 0.4) is 0 Å². The summed E-state index contributed by atoms with van der Waals surface area (Å²) in [5.74, 6) is 0.975. The van der Waals surface area contributed by atoms with Crippen LogP contribution in [0.5, 0.6) is 0 Å². The van der Waals surface area contributed by atoms with E-state index in [1.165, 1.54) is 27.8 Å². The minimum atomic E-state index is -0.00884. The minimum Gasteiger partial charge on any atom is -0.0949 e. The molecule has 0 saturated heterocycles. The summed E-state index contributed by atoms with van der Waals surface area (Å²) in [6.07, 6.45) is 5.72. The molecule has 0 heterocycles. The van der Waals surface area contributed by atoms with Crippen LogP contribution in [0, 0.1) is 18.8 Å². The van der Waals surface area contributed by atoms with E-state index >= 15 is 0 Å². The molecule has 2 aromatic carbocycles. The molecule has 3 rings (SSSR count). The van der Waals surface area contributed by atoms with Gasteiger partial charge >= 0.3 is 0 Å². The second-order valence-corrected chi connectivity index (χ2v) is 7.51. The summed E-state index contributed by atoms with van der Waals surface area (Å²) in [4.78, 5) is 0. The molecule has 0 spiro atoms. The molecule has 0 heteroatoms. The Labute approximate surface area is 146 Å². The molecular formula is C24H28. The van der Waals surface area contributed by atoms with Gasteiger partial charge in [-0.1, -0.05) is 93.6 Å². The lowest BCUT2D eigenvalue weighted by atomic mass is 9.67. The molecule has 2 unspecified atom stereocenters. The molecule has 0 aromatic heterocycles. The number of aryl methyl sites for hydroxylation is 1. The highest BCUT2D eigenvalue weighted by atomic mass is 14.5. The summed E-state index contributed by atoms with van der Waals surface area (Å²) >= 11 is 0. The van der Waals surface area contributed by atoms with Gasteiger partial charge in [0.1, 0.15) is 0 Å². The van der Waals surface area contributed by atoms with E-state index in [1.54, 1.807) is 0 Å². The molecular weight excluding hydrogens is 288 g/mol. The van der Waals surface area contributed by atoms with E-state index in [4.69, 9.17) is 0 Å². The molecule has 0 aliphatic heterocycles. The zero-order valence-electron chi connectivity index (χ0n) is 15.3. The SMILES string of the molecule is C=C1c2ccc(C)cc2C(C/C=C/C(C)C)(c2ccccc2)C1C. The fraction of sp³-hybridized carbons (Fsp3) is 0.333. The highest BCUT2D eigenvalue weighted by Gasteiger charge is 2.46. The number of hydrogen-bond donors (Lipinski definition) is 0. The summed E-state index contributed by atoms with van der Waals surface area (Å²) in [6, 6.07) is 17.8. The van der Waals surface area contributed by atoms with Gasteiger partial charge in [0.05, 0.1) is 0 Å². The van der Waals surface area contributed by atoms with E-state index < -0.39 is 0 Å². The lowest BCUT2D eigenvalue weighted by Crippen LogP contribution is -2.31. The first-order valence-corrected chi connectivity index (χ1v) is 8.99. The molecule has 0 amide bonds. The van der Waals surface area contributed by atoms with Crippen LogP contribution in [0.25, 0.3) is 5.57 Å². The Balaban J connectivity index is 2.22. The van der Waals surface area contributed by atoms with Crippen LogP contribution in [0.15, 0.2) is 67.3 Å². The maximum atomic E-state index is 4.45. The topological polar surface area (TPSA) is 0 Å². The second kappa shape index (κ2) is 6.43. The van der Waals surface area contributed by atoms with Gasteiger partial charge in [-0.3, -0.25) is 0 Å². The van der Waals surface area contributed by atoms with Gasteiger partial charge in [0.15, 0.2) is 0 Å². The Morgan fingerprint density at radius 2 is 1.83 bits per heavy atom. The maximum absolute atomic E-state index is 4.45. The fourth-order valence-electron chi connectivity index (χ4n) is 4.14. The number of allylic oxidation sites excluding steroid dienone is 3. The normalized spacial score (nSPS) is 23.2. The van der Waals surface area contributed by atoms with Gasteiger partial charge in [-0.05, 0) is 47.4 Å². The van der Waals surface area contributed by atoms with Crippen LogP contribution in [0.4, 0.5) is 0 Å². The summed E-state index contributed by atoms with van der Waals surface area (Å²) in [7, 11) is 0. The molecule has 2 atom stereocenters. The number of hydrogen-bond acceptors (Lipinski definition) is 0. The van der Waals surface area contributed by atoms with Crippen molar-refractivity contribution in [3.63, 3.8) is 0 Å². The quantitative estimate of drug-likeness (QED) is 0.561. The molecule has 0 radical (unpaired) electrons. The Morgan fingerprint density at radius 1 is 1.12 bits per heavy atom. The zero-order valence-corrected chi connectivity index (χ0v) is 15.3. The molecule has 2 aromatic rings. The largest absolute Gasteiger partial charge is 0.0949 e. The van der Waals surface area contributed by atoms with Crippen molar-refractivity contribution in [2.45, 2.75) is 39.5 Å². The second-order valence-electron chi connectivity index (χ2n) is 7.51. The van der Waals surface area contributed by atoms with Crippen LogP contribution < -0.4 is 0 Å². The van der Waals surface area contributed by atoms with E-state index in [0.29, 0.717) is 11.8 Å². The first-order valence-electron chi connectivity index (χ1n) is 8.99. The minimum absolute atomic E-state index is 0.00884. The van der Waals surface area contributed by atoms with E-state index in [2.05, 4.69) is 95.0 Å². The van der Waals surface area contributed by atoms with Gasteiger partial charge in [-0.25, -0.2) is 0 Å². The van der Waals surface area contributed by atoms with Crippen molar-refractivity contribution in [1.82, 2.24) is 0 Å². The average Bonchev–Trinajstić information content (AvgIpc) is 2.77. The van der Waals surface area contributed by atoms with Crippen LogP contribution >= 0.6 is 0 Å². The average molecular weight is 316 g/mol. The van der Waals surface area contributed by atoms with Gasteiger partial charge < -0.3 is 0 Å². The van der Waals surface area contributed by atoms with Crippen molar-refractivity contribution >= 4 is 5.57 Å². The smallest absolute Gasteiger partial charge is 0.0309 e. The summed E-state index contributed by atoms with van der Waals surface area (Å²) < 4.78 is 0. The molecule has 0 N–H and O–H groups in total. The van der Waals surface area contributed by atoms with Crippen LogP contribution in [-0.4, -0.2) is 0 Å². The van der Waals surface area contributed by atoms with Crippen LogP contribution in [-0.2, 0) is 5.41 Å². The van der Waals surface area contributed by atoms with Crippen LogP contribution in [0.1, 0.15) is 49.4 Å². The van der Waals surface area contributed by atoms with E-state index in [-0.39, 0.29) is 5.41 Å². The molecule has 124 valence electrons. The van der Waals surface area contributed by atoms with Crippen molar-refractivity contribution in [2.75, 3.05) is 0 Å². The highest BCUT2D eigenvalue weighted by Crippen LogP contribution is 2.55. The summed E-state index contributed by atoms with van der Waals surface area (Å²) in [5, 5.41) is 0. The lowest BCUT2D eigenvalue weighted by Gasteiger charge is -2.35. The molecule has 0 nitrogen and oxygen atoms in total. The Morgan fingerprint density at radius 3 is 2.50 bits per heavy atom. The molecule has 0 fully saturated rings.